The lowest BCUT2D eigenvalue weighted by molar-refractivity contribution is 0.451. The highest BCUT2D eigenvalue weighted by molar-refractivity contribution is 7.13. The van der Waals surface area contributed by atoms with E-state index in [0.717, 1.165) is 32.9 Å². The Morgan fingerprint density at radius 1 is 1.33 bits per heavy atom. The van der Waals surface area contributed by atoms with Crippen LogP contribution in [0.25, 0.3) is 32.8 Å². The maximum Gasteiger partial charge on any atom is 0.193 e. The Balaban J connectivity index is 2.04. The molecular formula is C15H12N4OS. The largest absolute Gasteiger partial charge is 0.354 e. The zero-order chi connectivity index (χ0) is 14.4. The van der Waals surface area contributed by atoms with Gasteiger partial charge in [0.1, 0.15) is 11.2 Å². The molecule has 0 aromatic carbocycles. The van der Waals surface area contributed by atoms with E-state index < -0.39 is 0 Å². The summed E-state index contributed by atoms with van der Waals surface area (Å²) < 4.78 is 7.24. The number of pyridine rings is 1. The third-order valence-corrected chi connectivity index (χ3v) is 4.27. The first-order valence-electron chi connectivity index (χ1n) is 6.52. The molecule has 104 valence electrons. The van der Waals surface area contributed by atoms with E-state index in [4.69, 9.17) is 9.51 Å². The minimum atomic E-state index is 0.709. The number of rotatable bonds is 2. The summed E-state index contributed by atoms with van der Waals surface area (Å²) in [6, 6.07) is 6.13. The second-order valence-electron chi connectivity index (χ2n) is 4.88. The van der Waals surface area contributed by atoms with Crippen molar-refractivity contribution in [3.05, 3.63) is 41.7 Å². The van der Waals surface area contributed by atoms with Gasteiger partial charge in [0, 0.05) is 24.4 Å². The van der Waals surface area contributed by atoms with Crippen molar-refractivity contribution in [2.24, 2.45) is 7.05 Å². The van der Waals surface area contributed by atoms with Crippen LogP contribution in [0.15, 0.2) is 40.5 Å². The van der Waals surface area contributed by atoms with E-state index in [-0.39, 0.29) is 0 Å². The molecule has 4 aromatic rings. The van der Waals surface area contributed by atoms with Crippen LogP contribution in [0.3, 0.4) is 0 Å². The molecule has 21 heavy (non-hydrogen) atoms. The summed E-state index contributed by atoms with van der Waals surface area (Å²) in [6.45, 7) is 1.91. The highest BCUT2D eigenvalue weighted by atomic mass is 32.1. The summed E-state index contributed by atoms with van der Waals surface area (Å²) >= 11 is 1.67. The summed E-state index contributed by atoms with van der Waals surface area (Å²) in [4.78, 5) is 5.82. The van der Waals surface area contributed by atoms with Gasteiger partial charge in [-0.05, 0) is 24.4 Å². The van der Waals surface area contributed by atoms with E-state index in [1.807, 2.05) is 43.9 Å². The Kier molecular flexibility index (Phi) is 2.65. The van der Waals surface area contributed by atoms with Gasteiger partial charge in [0.25, 0.3) is 0 Å². The maximum absolute atomic E-state index is 5.47. The third-order valence-electron chi connectivity index (χ3n) is 3.38. The molecule has 0 fully saturated rings. The quantitative estimate of drug-likeness (QED) is 0.566. The number of hydrogen-bond donors (Lipinski definition) is 0. The molecule has 0 saturated carbocycles. The van der Waals surface area contributed by atoms with Gasteiger partial charge in [-0.2, -0.15) is 5.10 Å². The molecular weight excluding hydrogens is 284 g/mol. The van der Waals surface area contributed by atoms with E-state index in [0.29, 0.717) is 5.58 Å². The standard InChI is InChI=1S/C15H12N4OS/c1-9-14-15(20-18-9)11(10-7-16-19(2)8-10)6-12(17-14)13-4-3-5-21-13/h3-8H,1-2H3. The van der Waals surface area contributed by atoms with Crippen LogP contribution in [-0.2, 0) is 7.05 Å². The van der Waals surface area contributed by atoms with Crippen LogP contribution < -0.4 is 0 Å². The molecule has 4 rings (SSSR count). The number of hydrogen-bond acceptors (Lipinski definition) is 5. The summed E-state index contributed by atoms with van der Waals surface area (Å²) in [5.74, 6) is 0. The Morgan fingerprint density at radius 2 is 2.24 bits per heavy atom. The lowest BCUT2D eigenvalue weighted by Crippen LogP contribution is -1.87. The zero-order valence-electron chi connectivity index (χ0n) is 11.6. The van der Waals surface area contributed by atoms with E-state index in [1.54, 1.807) is 16.0 Å². The fourth-order valence-electron chi connectivity index (χ4n) is 2.35. The van der Waals surface area contributed by atoms with Crippen molar-refractivity contribution in [1.29, 1.82) is 0 Å². The molecule has 4 aromatic heterocycles. The Labute approximate surface area is 124 Å². The average molecular weight is 296 g/mol. The van der Waals surface area contributed by atoms with Crippen molar-refractivity contribution in [1.82, 2.24) is 19.9 Å². The van der Waals surface area contributed by atoms with Gasteiger partial charge < -0.3 is 4.52 Å². The smallest absolute Gasteiger partial charge is 0.193 e. The van der Waals surface area contributed by atoms with E-state index in [9.17, 15) is 0 Å². The van der Waals surface area contributed by atoms with E-state index >= 15 is 0 Å². The summed E-state index contributed by atoms with van der Waals surface area (Å²) in [6.07, 6.45) is 3.79. The first kappa shape index (κ1) is 12.3. The predicted molar refractivity (Wildman–Crippen MR) is 82.1 cm³/mol. The molecule has 0 aliphatic rings. The molecule has 0 bridgehead atoms. The van der Waals surface area contributed by atoms with Crippen LogP contribution in [0.4, 0.5) is 0 Å². The van der Waals surface area contributed by atoms with Gasteiger partial charge in [0.05, 0.1) is 16.8 Å². The van der Waals surface area contributed by atoms with Crippen molar-refractivity contribution < 1.29 is 4.52 Å². The Morgan fingerprint density at radius 3 is 2.95 bits per heavy atom. The van der Waals surface area contributed by atoms with Gasteiger partial charge in [-0.3, -0.25) is 4.68 Å². The third kappa shape index (κ3) is 1.95. The molecule has 0 radical (unpaired) electrons. The molecule has 0 unspecified atom stereocenters. The molecule has 0 amide bonds. The van der Waals surface area contributed by atoms with Crippen LogP contribution in [0.2, 0.25) is 0 Å². The fraction of sp³-hybridized carbons (Fsp3) is 0.133. The number of nitrogens with zero attached hydrogens (tertiary/aromatic N) is 4. The lowest BCUT2D eigenvalue weighted by Gasteiger charge is -2.02. The zero-order valence-corrected chi connectivity index (χ0v) is 12.4. The molecule has 0 saturated heterocycles. The van der Waals surface area contributed by atoms with Gasteiger partial charge >= 0.3 is 0 Å². The number of aromatic nitrogens is 4. The van der Waals surface area contributed by atoms with Gasteiger partial charge in [-0.15, -0.1) is 11.3 Å². The second-order valence-corrected chi connectivity index (χ2v) is 5.83. The number of aryl methyl sites for hydroxylation is 2. The molecule has 5 nitrogen and oxygen atoms in total. The first-order chi connectivity index (χ1) is 10.2. The van der Waals surface area contributed by atoms with Crippen molar-refractivity contribution in [3.8, 4) is 21.7 Å². The van der Waals surface area contributed by atoms with Crippen molar-refractivity contribution >= 4 is 22.4 Å². The molecule has 4 heterocycles. The topological polar surface area (TPSA) is 56.7 Å². The molecule has 0 atom stereocenters. The highest BCUT2D eigenvalue weighted by Crippen LogP contribution is 2.34. The van der Waals surface area contributed by atoms with Crippen LogP contribution >= 0.6 is 11.3 Å². The SMILES string of the molecule is Cc1noc2c(-c3cnn(C)c3)cc(-c3cccs3)nc12. The predicted octanol–water partition coefficient (Wildman–Crippen LogP) is 3.66. The summed E-state index contributed by atoms with van der Waals surface area (Å²) in [5, 5.41) is 10.3. The van der Waals surface area contributed by atoms with Gasteiger partial charge in [0.2, 0.25) is 0 Å². The van der Waals surface area contributed by atoms with Crippen molar-refractivity contribution in [2.45, 2.75) is 6.92 Å². The Bertz CT molecular complexity index is 921. The second kappa shape index (κ2) is 4.53. The number of fused-ring (bicyclic) bond motifs is 1. The summed E-state index contributed by atoms with van der Waals surface area (Å²) in [5.41, 5.74) is 5.22. The minimum absolute atomic E-state index is 0.709. The van der Waals surface area contributed by atoms with Crippen LogP contribution in [-0.4, -0.2) is 19.9 Å². The molecule has 0 aliphatic carbocycles. The van der Waals surface area contributed by atoms with Crippen LogP contribution in [0.5, 0.6) is 0 Å². The van der Waals surface area contributed by atoms with Gasteiger partial charge in [-0.25, -0.2) is 4.98 Å². The van der Waals surface area contributed by atoms with Gasteiger partial charge in [-0.1, -0.05) is 11.2 Å². The molecule has 0 aliphatic heterocycles. The van der Waals surface area contributed by atoms with Crippen molar-refractivity contribution in [3.63, 3.8) is 0 Å². The van der Waals surface area contributed by atoms with E-state index in [2.05, 4.69) is 16.3 Å². The normalized spacial score (nSPS) is 11.3. The number of thiophene rings is 1. The first-order valence-corrected chi connectivity index (χ1v) is 7.40. The monoisotopic (exact) mass is 296 g/mol. The highest BCUT2D eigenvalue weighted by Gasteiger charge is 2.16. The van der Waals surface area contributed by atoms with Crippen LogP contribution in [0.1, 0.15) is 5.69 Å². The van der Waals surface area contributed by atoms with Crippen LogP contribution in [0, 0.1) is 6.92 Å². The fourth-order valence-corrected chi connectivity index (χ4v) is 3.04. The van der Waals surface area contributed by atoms with Gasteiger partial charge in [0.15, 0.2) is 5.58 Å². The lowest BCUT2D eigenvalue weighted by atomic mass is 10.1. The Hall–Kier alpha value is -2.47. The average Bonchev–Trinajstić information content (AvgIpc) is 3.20. The van der Waals surface area contributed by atoms with E-state index in [1.165, 1.54) is 0 Å². The molecule has 6 heteroatoms. The molecule has 0 spiro atoms. The minimum Gasteiger partial charge on any atom is -0.354 e. The summed E-state index contributed by atoms with van der Waals surface area (Å²) in [7, 11) is 1.90. The maximum atomic E-state index is 5.47. The van der Waals surface area contributed by atoms with Crippen molar-refractivity contribution in [2.75, 3.05) is 0 Å². The molecule has 0 N–H and O–H groups in total.